The molecule has 2 saturated heterocycles. The van der Waals surface area contributed by atoms with Crippen molar-refractivity contribution in [3.63, 3.8) is 0 Å². The third-order valence-electron chi connectivity index (χ3n) is 7.38. The van der Waals surface area contributed by atoms with E-state index < -0.39 is 29.6 Å². The molecule has 2 atom stereocenters. The summed E-state index contributed by atoms with van der Waals surface area (Å²) in [5, 5.41) is 2.80. The Morgan fingerprint density at radius 2 is 1.76 bits per heavy atom. The first kappa shape index (κ1) is 34.6. The topological polar surface area (TPSA) is 149 Å². The van der Waals surface area contributed by atoms with Gasteiger partial charge in [-0.05, 0) is 33.6 Å². The number of hydrogen-bond donors (Lipinski definition) is 1. The number of nitrogens with zero attached hydrogens (tertiary/aromatic N) is 4. The maximum absolute atomic E-state index is 13.8. The lowest BCUT2D eigenvalue weighted by molar-refractivity contribution is -0.155. The SMILES string of the molecule is CCCCOC(=O)N1CCN(C(=O)[C@H](CCC(=O)OC(C)(C)C)NC(=O)c2cc(O[C@H]3CCOC3)nc(-c3ccccc3)n2)CC1. The van der Waals surface area contributed by atoms with Gasteiger partial charge in [0.05, 0.1) is 19.8 Å². The van der Waals surface area contributed by atoms with Gasteiger partial charge in [-0.1, -0.05) is 43.7 Å². The van der Waals surface area contributed by atoms with Gasteiger partial charge in [-0.3, -0.25) is 14.4 Å². The summed E-state index contributed by atoms with van der Waals surface area (Å²) in [6.45, 7) is 9.74. The van der Waals surface area contributed by atoms with Crippen molar-refractivity contribution in [2.45, 2.75) is 77.5 Å². The Hall–Kier alpha value is -4.26. The molecule has 1 N–H and O–H groups in total. The summed E-state index contributed by atoms with van der Waals surface area (Å²) in [6.07, 6.45) is 1.70. The van der Waals surface area contributed by atoms with Crippen molar-refractivity contribution in [2.75, 3.05) is 46.0 Å². The van der Waals surface area contributed by atoms with Crippen LogP contribution in [0.15, 0.2) is 36.4 Å². The predicted molar refractivity (Wildman–Crippen MR) is 168 cm³/mol. The number of nitrogens with one attached hydrogen (secondary N) is 1. The molecule has 0 spiro atoms. The number of aromatic nitrogens is 2. The molecular formula is C33H45N5O8. The molecule has 46 heavy (non-hydrogen) atoms. The molecule has 0 saturated carbocycles. The number of ether oxygens (including phenoxy) is 4. The van der Waals surface area contributed by atoms with Crippen LogP contribution in [0.2, 0.25) is 0 Å². The van der Waals surface area contributed by atoms with Gasteiger partial charge >= 0.3 is 12.1 Å². The van der Waals surface area contributed by atoms with Crippen LogP contribution in [0.3, 0.4) is 0 Å². The Morgan fingerprint density at radius 3 is 2.41 bits per heavy atom. The van der Waals surface area contributed by atoms with Crippen LogP contribution in [-0.2, 0) is 23.8 Å². The number of carbonyl (C=O) groups is 4. The van der Waals surface area contributed by atoms with E-state index in [2.05, 4.69) is 15.3 Å². The lowest BCUT2D eigenvalue weighted by atomic mass is 10.1. The molecule has 0 radical (unpaired) electrons. The highest BCUT2D eigenvalue weighted by molar-refractivity contribution is 5.96. The van der Waals surface area contributed by atoms with Gasteiger partial charge in [0.25, 0.3) is 5.91 Å². The van der Waals surface area contributed by atoms with Crippen LogP contribution in [-0.4, -0.2) is 107 Å². The number of rotatable bonds is 12. The molecule has 2 aliphatic rings. The summed E-state index contributed by atoms with van der Waals surface area (Å²) in [5.74, 6) is -0.962. The minimum Gasteiger partial charge on any atom is -0.472 e. The molecule has 2 fully saturated rings. The van der Waals surface area contributed by atoms with E-state index in [9.17, 15) is 19.2 Å². The van der Waals surface area contributed by atoms with Crippen molar-refractivity contribution in [2.24, 2.45) is 0 Å². The second-order valence-corrected chi connectivity index (χ2v) is 12.3. The average molecular weight is 640 g/mol. The third kappa shape index (κ3) is 10.4. The van der Waals surface area contributed by atoms with Gasteiger partial charge in [0.2, 0.25) is 11.8 Å². The van der Waals surface area contributed by atoms with E-state index in [1.54, 1.807) is 30.6 Å². The molecule has 3 amide bonds. The number of amides is 3. The highest BCUT2D eigenvalue weighted by Crippen LogP contribution is 2.22. The fraction of sp³-hybridized carbons (Fsp3) is 0.576. The van der Waals surface area contributed by atoms with E-state index in [1.807, 2.05) is 37.3 Å². The zero-order valence-electron chi connectivity index (χ0n) is 27.2. The van der Waals surface area contributed by atoms with Crippen molar-refractivity contribution >= 4 is 23.9 Å². The minimum absolute atomic E-state index is 0.0116. The van der Waals surface area contributed by atoms with E-state index >= 15 is 0 Å². The molecule has 1 aromatic heterocycles. The van der Waals surface area contributed by atoms with Crippen LogP contribution in [0, 0.1) is 0 Å². The minimum atomic E-state index is -1.05. The van der Waals surface area contributed by atoms with Crippen molar-refractivity contribution in [1.82, 2.24) is 25.1 Å². The molecule has 2 aromatic rings. The largest absolute Gasteiger partial charge is 0.472 e. The molecule has 4 rings (SSSR count). The molecule has 2 aliphatic heterocycles. The number of unbranched alkanes of at least 4 members (excludes halogenated alkanes) is 1. The van der Waals surface area contributed by atoms with Gasteiger partial charge < -0.3 is 34.1 Å². The highest BCUT2D eigenvalue weighted by Gasteiger charge is 2.32. The molecule has 1 aromatic carbocycles. The van der Waals surface area contributed by atoms with Gasteiger partial charge in [-0.2, -0.15) is 4.98 Å². The van der Waals surface area contributed by atoms with Crippen molar-refractivity contribution in [3.05, 3.63) is 42.1 Å². The molecule has 3 heterocycles. The van der Waals surface area contributed by atoms with E-state index in [4.69, 9.17) is 18.9 Å². The maximum Gasteiger partial charge on any atom is 0.409 e. The van der Waals surface area contributed by atoms with Gasteiger partial charge in [-0.15, -0.1) is 0 Å². The Bertz CT molecular complexity index is 1340. The molecule has 0 unspecified atom stereocenters. The Labute approximate surface area is 269 Å². The number of benzene rings is 1. The van der Waals surface area contributed by atoms with Crippen LogP contribution in [0.1, 0.15) is 70.3 Å². The van der Waals surface area contributed by atoms with E-state index in [1.165, 1.54) is 6.07 Å². The number of esters is 1. The van der Waals surface area contributed by atoms with Crippen LogP contribution in [0.25, 0.3) is 11.4 Å². The number of carbonyl (C=O) groups excluding carboxylic acids is 4. The number of hydrogen-bond acceptors (Lipinski definition) is 10. The summed E-state index contributed by atoms with van der Waals surface area (Å²) in [4.78, 5) is 64.7. The quantitative estimate of drug-likeness (QED) is 0.270. The Kier molecular flexibility index (Phi) is 12.3. The summed E-state index contributed by atoms with van der Waals surface area (Å²) in [5.41, 5.74) is 0.00285. The van der Waals surface area contributed by atoms with Crippen LogP contribution in [0.4, 0.5) is 4.79 Å². The predicted octanol–water partition coefficient (Wildman–Crippen LogP) is 3.61. The summed E-state index contributed by atoms with van der Waals surface area (Å²) in [6, 6.07) is 9.59. The Balaban J connectivity index is 1.51. The lowest BCUT2D eigenvalue weighted by Crippen LogP contribution is -2.56. The van der Waals surface area contributed by atoms with Crippen LogP contribution >= 0.6 is 0 Å². The van der Waals surface area contributed by atoms with E-state index in [0.717, 1.165) is 12.8 Å². The van der Waals surface area contributed by atoms with Crippen LogP contribution < -0.4 is 10.1 Å². The molecular weight excluding hydrogens is 594 g/mol. The molecule has 13 nitrogen and oxygen atoms in total. The second-order valence-electron chi connectivity index (χ2n) is 12.3. The molecule has 0 aliphatic carbocycles. The second kappa shape index (κ2) is 16.3. The first-order chi connectivity index (χ1) is 22.0. The first-order valence-corrected chi connectivity index (χ1v) is 15.9. The maximum atomic E-state index is 13.8. The fourth-order valence-corrected chi connectivity index (χ4v) is 4.96. The van der Waals surface area contributed by atoms with E-state index in [-0.39, 0.29) is 49.5 Å². The first-order valence-electron chi connectivity index (χ1n) is 15.9. The fourth-order valence-electron chi connectivity index (χ4n) is 4.96. The van der Waals surface area contributed by atoms with Crippen molar-refractivity contribution in [1.29, 1.82) is 0 Å². The zero-order valence-corrected chi connectivity index (χ0v) is 27.2. The van der Waals surface area contributed by atoms with Gasteiger partial charge in [0, 0.05) is 50.7 Å². The van der Waals surface area contributed by atoms with E-state index in [0.29, 0.717) is 50.7 Å². The monoisotopic (exact) mass is 639 g/mol. The summed E-state index contributed by atoms with van der Waals surface area (Å²) in [7, 11) is 0. The van der Waals surface area contributed by atoms with Gasteiger partial charge in [0.15, 0.2) is 5.82 Å². The molecule has 250 valence electrons. The molecule has 0 bridgehead atoms. The van der Waals surface area contributed by atoms with Gasteiger partial charge in [-0.25, -0.2) is 9.78 Å². The standard InChI is InChI=1S/C33H45N5O8/c1-5-6-19-44-32(42)38-17-15-37(16-18-38)31(41)25(12-13-28(39)46-33(2,3)4)35-30(40)26-21-27(45-24-14-20-43-22-24)36-29(34-26)23-10-8-7-9-11-23/h7-11,21,24-25H,5-6,12-20,22H2,1-4H3,(H,35,40)/t24-,25-/m0/s1. The number of piperazine rings is 1. The normalized spacial score (nSPS) is 17.3. The molecule has 13 heteroatoms. The lowest BCUT2D eigenvalue weighted by Gasteiger charge is -2.36. The average Bonchev–Trinajstić information content (AvgIpc) is 3.55. The third-order valence-corrected chi connectivity index (χ3v) is 7.38. The van der Waals surface area contributed by atoms with Crippen molar-refractivity contribution < 1.29 is 38.1 Å². The zero-order chi connectivity index (χ0) is 33.1. The van der Waals surface area contributed by atoms with Crippen molar-refractivity contribution in [3.8, 4) is 17.3 Å². The van der Waals surface area contributed by atoms with Gasteiger partial charge in [0.1, 0.15) is 23.4 Å². The van der Waals surface area contributed by atoms with Crippen LogP contribution in [0.5, 0.6) is 5.88 Å². The Morgan fingerprint density at radius 1 is 1.04 bits per heavy atom. The summed E-state index contributed by atoms with van der Waals surface area (Å²) < 4.78 is 22.2. The smallest absolute Gasteiger partial charge is 0.409 e. The highest BCUT2D eigenvalue weighted by atomic mass is 16.6. The summed E-state index contributed by atoms with van der Waals surface area (Å²) >= 11 is 0.